The molecule has 1 fully saturated rings. The summed E-state index contributed by atoms with van der Waals surface area (Å²) in [4.78, 5) is 24.6. The lowest BCUT2D eigenvalue weighted by Gasteiger charge is -2.33. The van der Waals surface area contributed by atoms with Gasteiger partial charge in [0.15, 0.2) is 13.1 Å². The number of benzene rings is 2. The number of aryl methyl sites for hydroxylation is 2. The largest absolute Gasteiger partial charge is 0.365 e. The van der Waals surface area contributed by atoms with Crippen LogP contribution in [0.1, 0.15) is 29.0 Å². The number of anilines is 1. The van der Waals surface area contributed by atoms with Crippen LogP contribution in [0.3, 0.4) is 0 Å². The fourth-order valence-corrected chi connectivity index (χ4v) is 4.25. The van der Waals surface area contributed by atoms with Crippen LogP contribution in [0.15, 0.2) is 48.5 Å². The molecule has 0 spiro atoms. The third-order valence-corrected chi connectivity index (χ3v) is 5.55. The molecule has 2 atom stereocenters. The molecular formula is C22H28N3O2+. The van der Waals surface area contributed by atoms with Crippen LogP contribution in [-0.4, -0.2) is 42.5 Å². The molecule has 0 aliphatic carbocycles. The molecule has 1 aliphatic rings. The maximum atomic E-state index is 12.8. The predicted octanol–water partition coefficient (Wildman–Crippen LogP) is 2.73. The first-order valence-corrected chi connectivity index (χ1v) is 9.43. The summed E-state index contributed by atoms with van der Waals surface area (Å²) >= 11 is 0. The second-order valence-corrected chi connectivity index (χ2v) is 7.74. The molecule has 0 aromatic heterocycles. The molecule has 5 heteroatoms. The third kappa shape index (κ3) is 4.55. The van der Waals surface area contributed by atoms with E-state index in [2.05, 4.69) is 17.4 Å². The molecule has 2 amide bonds. The summed E-state index contributed by atoms with van der Waals surface area (Å²) in [6, 6.07) is 16.2. The molecule has 2 aromatic rings. The van der Waals surface area contributed by atoms with Crippen LogP contribution in [0, 0.1) is 13.8 Å². The van der Waals surface area contributed by atoms with Crippen molar-refractivity contribution in [1.82, 2.24) is 0 Å². The van der Waals surface area contributed by atoms with Gasteiger partial charge in [0.1, 0.15) is 0 Å². The number of carbonyl (C=O) groups is 2. The van der Waals surface area contributed by atoms with Crippen molar-refractivity contribution in [2.75, 3.05) is 31.5 Å². The van der Waals surface area contributed by atoms with Crippen molar-refractivity contribution < 1.29 is 14.1 Å². The molecule has 5 nitrogen and oxygen atoms in total. The van der Waals surface area contributed by atoms with E-state index in [4.69, 9.17) is 5.73 Å². The minimum atomic E-state index is -0.358. The van der Waals surface area contributed by atoms with Gasteiger partial charge in [0.2, 0.25) is 0 Å². The summed E-state index contributed by atoms with van der Waals surface area (Å²) in [5.41, 5.74) is 9.72. The van der Waals surface area contributed by atoms with E-state index in [9.17, 15) is 9.59 Å². The van der Waals surface area contributed by atoms with Gasteiger partial charge in [-0.3, -0.25) is 9.59 Å². The average molecular weight is 366 g/mol. The standard InChI is InChI=1S/C22H27N3O2/c1-16-7-6-8-17(2)22(16)24-21(27)15-25(14-20(23)26)12-11-19(13-25)18-9-4-3-5-10-18/h3-10,19H,11-15H2,1-2H3,(H2-,23,24,26,27)/p+1. The summed E-state index contributed by atoms with van der Waals surface area (Å²) in [5, 5.41) is 3.05. The third-order valence-electron chi connectivity index (χ3n) is 5.55. The molecular weight excluding hydrogens is 338 g/mol. The number of nitrogens with one attached hydrogen (secondary N) is 1. The van der Waals surface area contributed by atoms with Gasteiger partial charge in [-0.2, -0.15) is 0 Å². The predicted molar refractivity (Wildman–Crippen MR) is 107 cm³/mol. The number of hydrogen-bond acceptors (Lipinski definition) is 2. The van der Waals surface area contributed by atoms with Gasteiger partial charge in [-0.05, 0) is 30.5 Å². The Hall–Kier alpha value is -2.66. The van der Waals surface area contributed by atoms with Crippen LogP contribution in [0.25, 0.3) is 0 Å². The van der Waals surface area contributed by atoms with E-state index in [1.54, 1.807) is 0 Å². The van der Waals surface area contributed by atoms with Crippen molar-refractivity contribution in [3.63, 3.8) is 0 Å². The van der Waals surface area contributed by atoms with Crippen molar-refractivity contribution in [3.05, 3.63) is 65.2 Å². The van der Waals surface area contributed by atoms with Crippen LogP contribution in [0.4, 0.5) is 5.69 Å². The number of rotatable bonds is 6. The molecule has 2 unspecified atom stereocenters. The van der Waals surface area contributed by atoms with Crippen LogP contribution in [0.5, 0.6) is 0 Å². The van der Waals surface area contributed by atoms with Gasteiger partial charge in [-0.25, -0.2) is 0 Å². The van der Waals surface area contributed by atoms with E-state index in [1.165, 1.54) is 5.56 Å². The first-order chi connectivity index (χ1) is 12.9. The molecule has 142 valence electrons. The quantitative estimate of drug-likeness (QED) is 0.772. The SMILES string of the molecule is Cc1cccc(C)c1NC(=O)C[N+]1(CC(N)=O)CCC(c2ccccc2)C1. The molecule has 2 aromatic carbocycles. The number of primary amides is 1. The molecule has 0 radical (unpaired) electrons. The van der Waals surface area contributed by atoms with Gasteiger partial charge in [-0.15, -0.1) is 0 Å². The number of likely N-dealkylation sites (tertiary alicyclic amines) is 1. The zero-order valence-corrected chi connectivity index (χ0v) is 16.1. The summed E-state index contributed by atoms with van der Waals surface area (Å²) < 4.78 is 0.422. The van der Waals surface area contributed by atoms with E-state index in [-0.39, 0.29) is 24.9 Å². The number of carbonyl (C=O) groups excluding carboxylic acids is 2. The van der Waals surface area contributed by atoms with Crippen LogP contribution < -0.4 is 11.1 Å². The van der Waals surface area contributed by atoms with Crippen LogP contribution in [-0.2, 0) is 9.59 Å². The van der Waals surface area contributed by atoms with Gasteiger partial charge in [-0.1, -0.05) is 48.5 Å². The summed E-state index contributed by atoms with van der Waals surface area (Å²) in [6.45, 7) is 5.97. The minimum Gasteiger partial charge on any atom is -0.365 e. The molecule has 0 saturated carbocycles. The molecule has 27 heavy (non-hydrogen) atoms. The lowest BCUT2D eigenvalue weighted by molar-refractivity contribution is -0.901. The van der Waals surface area contributed by atoms with Crippen LogP contribution >= 0.6 is 0 Å². The second kappa shape index (κ2) is 7.92. The number of hydrogen-bond donors (Lipinski definition) is 2. The monoisotopic (exact) mass is 366 g/mol. The molecule has 1 saturated heterocycles. The van der Waals surface area contributed by atoms with Crippen molar-refractivity contribution >= 4 is 17.5 Å². The average Bonchev–Trinajstić information content (AvgIpc) is 3.02. The number of nitrogens with zero attached hydrogens (tertiary/aromatic N) is 1. The Morgan fingerprint density at radius 2 is 1.70 bits per heavy atom. The minimum absolute atomic E-state index is 0.0673. The topological polar surface area (TPSA) is 72.2 Å². The molecule has 1 aliphatic heterocycles. The summed E-state index contributed by atoms with van der Waals surface area (Å²) in [7, 11) is 0. The fraction of sp³-hybridized carbons (Fsp3) is 0.364. The number of para-hydroxylation sites is 1. The Morgan fingerprint density at radius 3 is 2.33 bits per heavy atom. The van der Waals surface area contributed by atoms with Crippen molar-refractivity contribution in [2.45, 2.75) is 26.2 Å². The Morgan fingerprint density at radius 1 is 1.04 bits per heavy atom. The van der Waals surface area contributed by atoms with E-state index < -0.39 is 0 Å². The van der Waals surface area contributed by atoms with Gasteiger partial charge in [0.25, 0.3) is 11.8 Å². The van der Waals surface area contributed by atoms with Crippen LogP contribution in [0.2, 0.25) is 0 Å². The Kier molecular flexibility index (Phi) is 5.61. The lowest BCUT2D eigenvalue weighted by atomic mass is 9.99. The first-order valence-electron chi connectivity index (χ1n) is 9.43. The van der Waals surface area contributed by atoms with E-state index in [0.29, 0.717) is 10.4 Å². The highest BCUT2D eigenvalue weighted by Gasteiger charge is 2.41. The lowest BCUT2D eigenvalue weighted by Crippen LogP contribution is -2.54. The maximum Gasteiger partial charge on any atom is 0.279 e. The van der Waals surface area contributed by atoms with E-state index in [1.807, 2.05) is 50.2 Å². The normalized spacial score (nSPS) is 21.8. The molecule has 3 N–H and O–H groups in total. The molecule has 3 rings (SSSR count). The second-order valence-electron chi connectivity index (χ2n) is 7.74. The highest BCUT2D eigenvalue weighted by Crippen LogP contribution is 2.32. The molecule has 1 heterocycles. The molecule has 0 bridgehead atoms. The Labute approximate surface area is 160 Å². The van der Waals surface area contributed by atoms with E-state index in [0.717, 1.165) is 36.3 Å². The number of amides is 2. The zero-order chi connectivity index (χ0) is 19.4. The Balaban J connectivity index is 1.75. The smallest absolute Gasteiger partial charge is 0.279 e. The van der Waals surface area contributed by atoms with Crippen molar-refractivity contribution in [1.29, 1.82) is 0 Å². The zero-order valence-electron chi connectivity index (χ0n) is 16.1. The van der Waals surface area contributed by atoms with Crippen molar-refractivity contribution in [3.8, 4) is 0 Å². The maximum absolute atomic E-state index is 12.8. The number of nitrogens with two attached hydrogens (primary N) is 1. The van der Waals surface area contributed by atoms with E-state index >= 15 is 0 Å². The van der Waals surface area contributed by atoms with Gasteiger partial charge < -0.3 is 15.5 Å². The summed E-state index contributed by atoms with van der Waals surface area (Å²) in [5.74, 6) is -0.0792. The van der Waals surface area contributed by atoms with Crippen molar-refractivity contribution in [2.24, 2.45) is 5.73 Å². The van der Waals surface area contributed by atoms with Gasteiger partial charge in [0, 0.05) is 18.0 Å². The highest BCUT2D eigenvalue weighted by atomic mass is 16.2. The fourth-order valence-electron chi connectivity index (χ4n) is 4.25. The number of quaternary nitrogens is 1. The van der Waals surface area contributed by atoms with Gasteiger partial charge >= 0.3 is 0 Å². The first kappa shape index (κ1) is 19.1. The summed E-state index contributed by atoms with van der Waals surface area (Å²) in [6.07, 6.45) is 0.952. The Bertz CT molecular complexity index is 814. The highest BCUT2D eigenvalue weighted by molar-refractivity contribution is 5.93. The van der Waals surface area contributed by atoms with Gasteiger partial charge in [0.05, 0.1) is 13.1 Å².